The molecule has 23 heavy (non-hydrogen) atoms. The molecule has 0 aliphatic rings. The molecule has 0 aromatic heterocycles. The quantitative estimate of drug-likeness (QED) is 0.609. The van der Waals surface area contributed by atoms with Crippen molar-refractivity contribution < 1.29 is 26.4 Å². The number of alkyl halides is 1. The highest BCUT2D eigenvalue weighted by Gasteiger charge is 2.25. The number of carbonyl (C=O) groups is 1. The molecule has 0 aliphatic heterocycles. The van der Waals surface area contributed by atoms with E-state index in [-0.39, 0.29) is 10.9 Å². The standard InChI is InChI=1S/C14H9BrF3NO3S/c15-7-12(20)8-3-1-6-11(13(8)18)19-23(21,22)14-9(16)4-2-5-10(14)17/h1-6,19H,7H2. The number of rotatable bonds is 5. The Labute approximate surface area is 138 Å². The topological polar surface area (TPSA) is 63.2 Å². The van der Waals surface area contributed by atoms with E-state index in [0.29, 0.717) is 0 Å². The summed E-state index contributed by atoms with van der Waals surface area (Å²) in [6.45, 7) is 0. The van der Waals surface area contributed by atoms with Crippen molar-refractivity contribution in [2.24, 2.45) is 0 Å². The largest absolute Gasteiger partial charge is 0.293 e. The summed E-state index contributed by atoms with van der Waals surface area (Å²) in [6, 6.07) is 5.97. The minimum Gasteiger partial charge on any atom is -0.293 e. The average molecular weight is 408 g/mol. The van der Waals surface area contributed by atoms with Crippen molar-refractivity contribution in [3.63, 3.8) is 0 Å². The summed E-state index contributed by atoms with van der Waals surface area (Å²) >= 11 is 2.87. The van der Waals surface area contributed by atoms with Gasteiger partial charge in [0.2, 0.25) is 0 Å². The number of carbonyl (C=O) groups excluding carboxylic acids is 1. The first-order valence-corrected chi connectivity index (χ1v) is 8.73. The highest BCUT2D eigenvalue weighted by molar-refractivity contribution is 9.09. The van der Waals surface area contributed by atoms with Crippen molar-refractivity contribution >= 4 is 37.4 Å². The van der Waals surface area contributed by atoms with E-state index in [9.17, 15) is 26.4 Å². The molecule has 0 aliphatic carbocycles. The molecule has 0 bridgehead atoms. The van der Waals surface area contributed by atoms with E-state index >= 15 is 0 Å². The number of sulfonamides is 1. The lowest BCUT2D eigenvalue weighted by Crippen LogP contribution is -2.18. The first kappa shape index (κ1) is 17.5. The highest BCUT2D eigenvalue weighted by atomic mass is 79.9. The van der Waals surface area contributed by atoms with E-state index in [1.165, 1.54) is 12.1 Å². The van der Waals surface area contributed by atoms with E-state index in [1.54, 1.807) is 4.72 Å². The summed E-state index contributed by atoms with van der Waals surface area (Å²) in [4.78, 5) is 10.3. The van der Waals surface area contributed by atoms with Crippen molar-refractivity contribution in [2.45, 2.75) is 4.90 Å². The van der Waals surface area contributed by atoms with Crippen LogP contribution in [0.15, 0.2) is 41.3 Å². The molecule has 4 nitrogen and oxygen atoms in total. The number of benzene rings is 2. The van der Waals surface area contributed by atoms with Crippen LogP contribution >= 0.6 is 15.9 Å². The molecule has 0 unspecified atom stereocenters. The number of Topliss-reactive ketones (excluding diaryl/α,β-unsaturated/α-hetero) is 1. The number of anilines is 1. The molecule has 2 rings (SSSR count). The van der Waals surface area contributed by atoms with Crippen molar-refractivity contribution in [1.29, 1.82) is 0 Å². The van der Waals surface area contributed by atoms with E-state index < -0.39 is 43.8 Å². The fourth-order valence-corrected chi connectivity index (χ4v) is 3.33. The van der Waals surface area contributed by atoms with Crippen LogP contribution < -0.4 is 4.72 Å². The van der Waals surface area contributed by atoms with Crippen LogP contribution in [0.2, 0.25) is 0 Å². The zero-order valence-electron chi connectivity index (χ0n) is 11.3. The van der Waals surface area contributed by atoms with Crippen LogP contribution in [-0.4, -0.2) is 19.5 Å². The van der Waals surface area contributed by atoms with Gasteiger partial charge in [-0.1, -0.05) is 28.1 Å². The van der Waals surface area contributed by atoms with Gasteiger partial charge in [-0.05, 0) is 24.3 Å². The Kier molecular flexibility index (Phi) is 5.10. The van der Waals surface area contributed by atoms with Gasteiger partial charge in [-0.3, -0.25) is 9.52 Å². The third-order valence-corrected chi connectivity index (χ3v) is 4.78. The first-order valence-electron chi connectivity index (χ1n) is 6.12. The van der Waals surface area contributed by atoms with E-state index in [0.717, 1.165) is 24.3 Å². The maximum absolute atomic E-state index is 14.2. The van der Waals surface area contributed by atoms with Crippen molar-refractivity contribution in [3.05, 3.63) is 59.4 Å². The van der Waals surface area contributed by atoms with Crippen LogP contribution in [0.3, 0.4) is 0 Å². The molecular weight excluding hydrogens is 399 g/mol. The van der Waals surface area contributed by atoms with E-state index in [4.69, 9.17) is 0 Å². The maximum Gasteiger partial charge on any atom is 0.267 e. The Bertz CT molecular complexity index is 851. The lowest BCUT2D eigenvalue weighted by atomic mass is 10.1. The van der Waals surface area contributed by atoms with E-state index in [1.807, 2.05) is 0 Å². The second-order valence-corrected chi connectivity index (χ2v) is 6.56. The minimum absolute atomic E-state index is 0.165. The molecule has 0 saturated carbocycles. The fraction of sp³-hybridized carbons (Fsp3) is 0.0714. The molecule has 1 N–H and O–H groups in total. The predicted octanol–water partition coefficient (Wildman–Crippen LogP) is 3.48. The van der Waals surface area contributed by atoms with Gasteiger partial charge in [0.15, 0.2) is 16.5 Å². The number of hydrogen-bond donors (Lipinski definition) is 1. The van der Waals surface area contributed by atoms with Gasteiger partial charge >= 0.3 is 0 Å². The minimum atomic E-state index is -4.71. The second-order valence-electron chi connectivity index (χ2n) is 4.38. The van der Waals surface area contributed by atoms with Crippen molar-refractivity contribution in [2.75, 3.05) is 10.1 Å². The molecule has 2 aromatic carbocycles. The van der Waals surface area contributed by atoms with Gasteiger partial charge < -0.3 is 0 Å². The van der Waals surface area contributed by atoms with Gasteiger partial charge in [0.25, 0.3) is 10.0 Å². The number of halogens is 4. The molecule has 0 radical (unpaired) electrons. The number of nitrogens with one attached hydrogen (secondary N) is 1. The summed E-state index contributed by atoms with van der Waals surface area (Å²) in [6.07, 6.45) is 0. The van der Waals surface area contributed by atoms with Crippen LogP contribution in [0.4, 0.5) is 18.9 Å². The van der Waals surface area contributed by atoms with Crippen LogP contribution in [-0.2, 0) is 10.0 Å². The van der Waals surface area contributed by atoms with Crippen LogP contribution in [0.5, 0.6) is 0 Å². The van der Waals surface area contributed by atoms with Gasteiger partial charge in [-0.25, -0.2) is 21.6 Å². The Hall–Kier alpha value is -1.87. The number of ketones is 1. The third kappa shape index (κ3) is 3.56. The summed E-state index contributed by atoms with van der Waals surface area (Å²) in [5, 5.41) is -0.165. The molecule has 9 heteroatoms. The van der Waals surface area contributed by atoms with Gasteiger partial charge in [0.1, 0.15) is 11.6 Å². The summed E-state index contributed by atoms with van der Waals surface area (Å²) in [5.41, 5.74) is -0.935. The smallest absolute Gasteiger partial charge is 0.267 e. The Morgan fingerprint density at radius 3 is 2.17 bits per heavy atom. The molecule has 0 fully saturated rings. The van der Waals surface area contributed by atoms with Crippen LogP contribution in [0.25, 0.3) is 0 Å². The van der Waals surface area contributed by atoms with Crippen molar-refractivity contribution in [3.8, 4) is 0 Å². The first-order chi connectivity index (χ1) is 10.8. The highest BCUT2D eigenvalue weighted by Crippen LogP contribution is 2.25. The lowest BCUT2D eigenvalue weighted by molar-refractivity contribution is 0.102. The van der Waals surface area contributed by atoms with Crippen LogP contribution in [0, 0.1) is 17.5 Å². The number of hydrogen-bond acceptors (Lipinski definition) is 3. The molecule has 0 atom stereocenters. The summed E-state index contributed by atoms with van der Waals surface area (Å²) in [5.74, 6) is -4.37. The fourth-order valence-electron chi connectivity index (χ4n) is 1.83. The third-order valence-electron chi connectivity index (χ3n) is 2.85. The maximum atomic E-state index is 14.2. The molecule has 2 aromatic rings. The molecule has 122 valence electrons. The van der Waals surface area contributed by atoms with Gasteiger partial charge in [0.05, 0.1) is 16.6 Å². The van der Waals surface area contributed by atoms with Gasteiger partial charge in [-0.15, -0.1) is 0 Å². The Morgan fingerprint density at radius 1 is 1.04 bits per heavy atom. The zero-order chi connectivity index (χ0) is 17.2. The molecule has 0 saturated heterocycles. The average Bonchev–Trinajstić information content (AvgIpc) is 2.48. The monoisotopic (exact) mass is 407 g/mol. The molecule has 0 amide bonds. The molecule has 0 spiro atoms. The Morgan fingerprint density at radius 2 is 1.61 bits per heavy atom. The summed E-state index contributed by atoms with van der Waals surface area (Å²) in [7, 11) is -4.71. The van der Waals surface area contributed by atoms with Crippen molar-refractivity contribution in [1.82, 2.24) is 0 Å². The second kappa shape index (κ2) is 6.71. The SMILES string of the molecule is O=C(CBr)c1cccc(NS(=O)(=O)c2c(F)cccc2F)c1F. The lowest BCUT2D eigenvalue weighted by Gasteiger charge is -2.11. The molecule has 0 heterocycles. The van der Waals surface area contributed by atoms with E-state index in [2.05, 4.69) is 15.9 Å². The molecular formula is C14H9BrF3NO3S. The van der Waals surface area contributed by atoms with Crippen LogP contribution in [0.1, 0.15) is 10.4 Å². The zero-order valence-corrected chi connectivity index (χ0v) is 13.7. The summed E-state index contributed by atoms with van der Waals surface area (Å²) < 4.78 is 67.3. The van der Waals surface area contributed by atoms with Gasteiger partial charge in [-0.2, -0.15) is 0 Å². The Balaban J connectivity index is 2.49. The predicted molar refractivity (Wildman–Crippen MR) is 81.7 cm³/mol. The van der Waals surface area contributed by atoms with Gasteiger partial charge in [0, 0.05) is 0 Å². The normalized spacial score (nSPS) is 11.3.